The summed E-state index contributed by atoms with van der Waals surface area (Å²) in [6.45, 7) is 9.28. The zero-order valence-electron chi connectivity index (χ0n) is 9.05. The topological polar surface area (TPSA) is 52.3 Å². The fourth-order valence-corrected chi connectivity index (χ4v) is 0.503. The Kier molecular flexibility index (Phi) is 4.14. The Morgan fingerprint density at radius 3 is 2.23 bits per heavy atom. The van der Waals surface area contributed by atoms with Gasteiger partial charge in [-0.1, -0.05) is 26.8 Å². The molecule has 0 aliphatic heterocycles. The number of nitrogens with two attached hydrogens (primary N) is 1. The van der Waals surface area contributed by atoms with E-state index in [0.717, 1.165) is 0 Å². The standard InChI is InChI=1S/C10H19NO2/c1-6-7(2)8(12)13-9(11)10(3,4)5/h6,9H,11H2,1-5H3. The lowest BCUT2D eigenvalue weighted by Gasteiger charge is -2.26. The Balaban J connectivity index is 4.23. The van der Waals surface area contributed by atoms with Gasteiger partial charge in [0.1, 0.15) is 0 Å². The Morgan fingerprint density at radius 2 is 1.92 bits per heavy atom. The van der Waals surface area contributed by atoms with Crippen LogP contribution in [0.25, 0.3) is 0 Å². The Morgan fingerprint density at radius 1 is 1.46 bits per heavy atom. The minimum Gasteiger partial charge on any atom is -0.443 e. The number of carbonyl (C=O) groups is 1. The van der Waals surface area contributed by atoms with E-state index in [4.69, 9.17) is 10.5 Å². The van der Waals surface area contributed by atoms with E-state index in [2.05, 4.69) is 0 Å². The first-order chi connectivity index (χ1) is 5.79. The molecule has 0 radical (unpaired) electrons. The van der Waals surface area contributed by atoms with Crippen molar-refractivity contribution in [2.45, 2.75) is 40.8 Å². The Bertz CT molecular complexity index is 213. The molecule has 0 rings (SSSR count). The van der Waals surface area contributed by atoms with Crippen LogP contribution in [-0.2, 0) is 9.53 Å². The highest BCUT2D eigenvalue weighted by Gasteiger charge is 2.24. The summed E-state index contributed by atoms with van der Waals surface area (Å²) in [5.74, 6) is -0.343. The number of rotatable bonds is 2. The number of esters is 1. The predicted octanol–water partition coefficient (Wildman–Crippen LogP) is 1.83. The van der Waals surface area contributed by atoms with E-state index in [9.17, 15) is 4.79 Å². The SMILES string of the molecule is CC=C(C)C(=O)OC(N)C(C)(C)C. The molecule has 0 spiro atoms. The minimum absolute atomic E-state index is 0.219. The molecule has 0 aliphatic carbocycles. The summed E-state index contributed by atoms with van der Waals surface area (Å²) in [4.78, 5) is 11.3. The van der Waals surface area contributed by atoms with Gasteiger partial charge in [-0.15, -0.1) is 0 Å². The van der Waals surface area contributed by atoms with Gasteiger partial charge in [0.05, 0.1) is 0 Å². The third-order valence-corrected chi connectivity index (χ3v) is 1.84. The van der Waals surface area contributed by atoms with Crippen molar-refractivity contribution < 1.29 is 9.53 Å². The highest BCUT2D eigenvalue weighted by atomic mass is 16.6. The van der Waals surface area contributed by atoms with E-state index in [1.165, 1.54) is 0 Å². The van der Waals surface area contributed by atoms with Crippen LogP contribution in [0.1, 0.15) is 34.6 Å². The lowest BCUT2D eigenvalue weighted by molar-refractivity contribution is -0.149. The summed E-state index contributed by atoms with van der Waals surface area (Å²) in [7, 11) is 0. The highest BCUT2D eigenvalue weighted by Crippen LogP contribution is 2.18. The van der Waals surface area contributed by atoms with E-state index >= 15 is 0 Å². The van der Waals surface area contributed by atoms with Gasteiger partial charge in [0.25, 0.3) is 0 Å². The zero-order valence-corrected chi connectivity index (χ0v) is 9.05. The molecule has 3 heteroatoms. The van der Waals surface area contributed by atoms with Gasteiger partial charge in [-0.2, -0.15) is 0 Å². The Labute approximate surface area is 79.9 Å². The van der Waals surface area contributed by atoms with Crippen LogP contribution in [0.2, 0.25) is 0 Å². The zero-order chi connectivity index (χ0) is 10.6. The first-order valence-electron chi connectivity index (χ1n) is 4.38. The molecule has 0 amide bonds. The first-order valence-corrected chi connectivity index (χ1v) is 4.38. The fourth-order valence-electron chi connectivity index (χ4n) is 0.503. The molecule has 3 nitrogen and oxygen atoms in total. The van der Waals surface area contributed by atoms with Crippen LogP contribution in [0.4, 0.5) is 0 Å². The third-order valence-electron chi connectivity index (χ3n) is 1.84. The minimum atomic E-state index is -0.560. The van der Waals surface area contributed by atoms with Gasteiger partial charge in [-0.25, -0.2) is 4.79 Å². The number of allylic oxidation sites excluding steroid dienone is 1. The average Bonchev–Trinajstić information content (AvgIpc) is 2.01. The largest absolute Gasteiger partial charge is 0.443 e. The summed E-state index contributed by atoms with van der Waals surface area (Å²) in [6.07, 6.45) is 1.15. The van der Waals surface area contributed by atoms with Gasteiger partial charge >= 0.3 is 5.97 Å². The van der Waals surface area contributed by atoms with Crippen molar-refractivity contribution in [2.24, 2.45) is 11.1 Å². The summed E-state index contributed by atoms with van der Waals surface area (Å²) < 4.78 is 5.04. The summed E-state index contributed by atoms with van der Waals surface area (Å²) >= 11 is 0. The van der Waals surface area contributed by atoms with Crippen LogP contribution in [0.15, 0.2) is 11.6 Å². The predicted molar refractivity (Wildman–Crippen MR) is 53.0 cm³/mol. The van der Waals surface area contributed by atoms with Gasteiger partial charge in [-0.3, -0.25) is 5.73 Å². The molecule has 0 aromatic heterocycles. The van der Waals surface area contributed by atoms with Crippen molar-refractivity contribution >= 4 is 5.97 Å². The van der Waals surface area contributed by atoms with Crippen molar-refractivity contribution in [2.75, 3.05) is 0 Å². The van der Waals surface area contributed by atoms with Gasteiger partial charge in [-0.05, 0) is 13.8 Å². The van der Waals surface area contributed by atoms with E-state index in [1.807, 2.05) is 20.8 Å². The van der Waals surface area contributed by atoms with Crippen molar-refractivity contribution in [3.05, 3.63) is 11.6 Å². The van der Waals surface area contributed by atoms with Gasteiger partial charge < -0.3 is 4.74 Å². The van der Waals surface area contributed by atoms with Crippen LogP contribution in [0.3, 0.4) is 0 Å². The third kappa shape index (κ3) is 4.08. The molecular formula is C10H19NO2. The molecule has 0 saturated heterocycles. The van der Waals surface area contributed by atoms with Crippen LogP contribution in [0.5, 0.6) is 0 Å². The van der Waals surface area contributed by atoms with Gasteiger partial charge in [0, 0.05) is 11.0 Å². The van der Waals surface area contributed by atoms with Crippen LogP contribution in [0, 0.1) is 5.41 Å². The molecule has 76 valence electrons. The van der Waals surface area contributed by atoms with Crippen molar-refractivity contribution in [3.63, 3.8) is 0 Å². The molecule has 0 aromatic carbocycles. The Hall–Kier alpha value is -0.830. The molecule has 1 unspecified atom stereocenters. The maximum atomic E-state index is 11.3. The second-order valence-corrected chi connectivity index (χ2v) is 4.16. The maximum absolute atomic E-state index is 11.3. The number of hydrogen-bond donors (Lipinski definition) is 1. The fraction of sp³-hybridized carbons (Fsp3) is 0.700. The van der Waals surface area contributed by atoms with Crippen molar-refractivity contribution in [1.29, 1.82) is 0 Å². The number of hydrogen-bond acceptors (Lipinski definition) is 3. The smallest absolute Gasteiger partial charge is 0.334 e. The molecule has 0 bridgehead atoms. The second-order valence-electron chi connectivity index (χ2n) is 4.16. The molecule has 13 heavy (non-hydrogen) atoms. The average molecular weight is 185 g/mol. The molecule has 0 aliphatic rings. The quantitative estimate of drug-likeness (QED) is 0.405. The van der Waals surface area contributed by atoms with Crippen molar-refractivity contribution in [3.8, 4) is 0 Å². The molecule has 0 fully saturated rings. The monoisotopic (exact) mass is 185 g/mol. The summed E-state index contributed by atoms with van der Waals surface area (Å²) in [5.41, 5.74) is 6.04. The van der Waals surface area contributed by atoms with E-state index in [-0.39, 0.29) is 11.4 Å². The van der Waals surface area contributed by atoms with Crippen molar-refractivity contribution in [1.82, 2.24) is 0 Å². The van der Waals surface area contributed by atoms with Gasteiger partial charge in [0.15, 0.2) is 6.23 Å². The summed E-state index contributed by atoms with van der Waals surface area (Å²) in [5, 5.41) is 0. The van der Waals surface area contributed by atoms with E-state index in [1.54, 1.807) is 19.9 Å². The highest BCUT2D eigenvalue weighted by molar-refractivity contribution is 5.87. The van der Waals surface area contributed by atoms with E-state index < -0.39 is 6.23 Å². The maximum Gasteiger partial charge on any atom is 0.334 e. The molecule has 1 atom stereocenters. The second kappa shape index (κ2) is 4.42. The lowest BCUT2D eigenvalue weighted by atomic mass is 9.95. The molecule has 0 heterocycles. The number of carbonyl (C=O) groups excluding carboxylic acids is 1. The van der Waals surface area contributed by atoms with Crippen LogP contribution < -0.4 is 5.73 Å². The molecule has 0 saturated carbocycles. The van der Waals surface area contributed by atoms with Crippen LogP contribution in [-0.4, -0.2) is 12.2 Å². The number of ether oxygens (including phenoxy) is 1. The molecule has 0 aromatic rings. The first kappa shape index (κ1) is 12.2. The molecular weight excluding hydrogens is 166 g/mol. The normalized spacial score (nSPS) is 15.4. The van der Waals surface area contributed by atoms with Gasteiger partial charge in [0.2, 0.25) is 0 Å². The lowest BCUT2D eigenvalue weighted by Crippen LogP contribution is -2.39. The summed E-state index contributed by atoms with van der Waals surface area (Å²) in [6, 6.07) is 0. The van der Waals surface area contributed by atoms with E-state index in [0.29, 0.717) is 5.57 Å². The van der Waals surface area contributed by atoms with Crippen LogP contribution >= 0.6 is 0 Å². The molecule has 2 N–H and O–H groups in total.